The second-order valence-electron chi connectivity index (χ2n) is 11.3. The van der Waals surface area contributed by atoms with Gasteiger partial charge in [0.1, 0.15) is 0 Å². The van der Waals surface area contributed by atoms with Crippen molar-refractivity contribution >= 4 is 11.7 Å². The Morgan fingerprint density at radius 1 is 1.24 bits per heavy atom. The first-order valence-electron chi connectivity index (χ1n) is 12.3. The fourth-order valence-corrected chi connectivity index (χ4v) is 8.07. The molecule has 5 nitrogen and oxygen atoms in total. The van der Waals surface area contributed by atoms with Crippen molar-refractivity contribution in [2.45, 2.75) is 89.9 Å². The van der Waals surface area contributed by atoms with Crippen molar-refractivity contribution in [3.05, 3.63) is 24.3 Å². The van der Waals surface area contributed by atoms with E-state index in [2.05, 4.69) is 13.5 Å². The Labute approximate surface area is 194 Å². The maximum absolute atomic E-state index is 13.3. The monoisotopic (exact) mass is 465 g/mol. The van der Waals surface area contributed by atoms with Gasteiger partial charge in [-0.15, -0.1) is 0 Å². The highest BCUT2D eigenvalue weighted by molar-refractivity contribution is 5.95. The predicted octanol–water partition coefficient (Wildman–Crippen LogP) is 3.89. The average Bonchev–Trinajstić information content (AvgIpc) is 3.04. The zero-order valence-corrected chi connectivity index (χ0v) is 19.9. The van der Waals surface area contributed by atoms with Crippen LogP contribution in [-0.4, -0.2) is 57.5 Å². The molecule has 0 aliphatic heterocycles. The molecule has 7 unspecified atom stereocenters. The fraction of sp³-hybridized carbons (Fsp3) is 0.769. The molecule has 0 saturated heterocycles. The van der Waals surface area contributed by atoms with E-state index in [1.165, 1.54) is 4.90 Å². The minimum absolute atomic E-state index is 0.0159. The highest BCUT2D eigenvalue weighted by Crippen LogP contribution is 2.67. The Bertz CT molecular complexity index is 874. The summed E-state index contributed by atoms with van der Waals surface area (Å²) in [4.78, 5) is 26.8. The van der Waals surface area contributed by atoms with Crippen LogP contribution < -0.4 is 0 Å². The highest BCUT2D eigenvalue weighted by atomic mass is 19.3. The maximum Gasteiger partial charge on any atom is 0.255 e. The maximum atomic E-state index is 13.3. The first-order valence-corrected chi connectivity index (χ1v) is 12.3. The Morgan fingerprint density at radius 2 is 1.94 bits per heavy atom. The van der Waals surface area contributed by atoms with E-state index in [-0.39, 0.29) is 29.0 Å². The van der Waals surface area contributed by atoms with Gasteiger partial charge in [-0.1, -0.05) is 20.4 Å². The summed E-state index contributed by atoms with van der Waals surface area (Å²) < 4.78 is 26.6. The minimum Gasteiger partial charge on any atom is -0.393 e. The van der Waals surface area contributed by atoms with Crippen LogP contribution in [0.2, 0.25) is 0 Å². The van der Waals surface area contributed by atoms with E-state index in [0.717, 1.165) is 24.5 Å². The van der Waals surface area contributed by atoms with Crippen molar-refractivity contribution in [2.75, 3.05) is 6.54 Å². The number of allylic oxidation sites excluding steroid dienone is 1. The van der Waals surface area contributed by atoms with Crippen molar-refractivity contribution in [3.63, 3.8) is 0 Å². The number of alkyl halides is 2. The van der Waals surface area contributed by atoms with Gasteiger partial charge in [-0.2, -0.15) is 0 Å². The molecule has 0 radical (unpaired) electrons. The molecule has 33 heavy (non-hydrogen) atoms. The van der Waals surface area contributed by atoms with Crippen molar-refractivity contribution in [1.82, 2.24) is 4.90 Å². The minimum atomic E-state index is -2.66. The standard InChI is InChI=1S/C26H37F2NO4/c1-5-23(32)29(14-22(27)28)15(2)17-8-11-26(33)19-13-21(31)20-12-16(30)6-9-24(20,3)18(19)7-10-25(17,26)4/h5,13,15-18,20,22,30,33H,1,6-12,14H2,2-4H3/t15?,16?,17?,18?,20?,24?,25?,26-/m1/s1. The lowest BCUT2D eigenvalue weighted by atomic mass is 9.46. The highest BCUT2D eigenvalue weighted by Gasteiger charge is 2.66. The van der Waals surface area contributed by atoms with Crippen LogP contribution in [0.15, 0.2) is 24.3 Å². The number of hydrogen-bond donors (Lipinski definition) is 2. The molecule has 8 atom stereocenters. The number of aliphatic hydroxyl groups excluding tert-OH is 1. The Morgan fingerprint density at radius 3 is 2.58 bits per heavy atom. The van der Waals surface area contributed by atoms with Crippen LogP contribution in [0.4, 0.5) is 8.78 Å². The molecule has 0 spiro atoms. The molecule has 2 N–H and O–H groups in total. The summed E-state index contributed by atoms with van der Waals surface area (Å²) in [6, 6.07) is -0.492. The second-order valence-corrected chi connectivity index (χ2v) is 11.3. The van der Waals surface area contributed by atoms with Gasteiger partial charge in [-0.05, 0) is 86.8 Å². The zero-order chi connectivity index (χ0) is 24.3. The number of carbonyl (C=O) groups is 2. The van der Waals surface area contributed by atoms with Crippen molar-refractivity contribution in [3.8, 4) is 0 Å². The third-order valence-electron chi connectivity index (χ3n) is 10.0. The number of aliphatic hydroxyl groups is 2. The van der Waals surface area contributed by atoms with Gasteiger partial charge in [0.2, 0.25) is 5.91 Å². The van der Waals surface area contributed by atoms with Gasteiger partial charge in [0.05, 0.1) is 18.2 Å². The summed E-state index contributed by atoms with van der Waals surface area (Å²) in [6.07, 6.45) is 4.01. The molecule has 3 saturated carbocycles. The van der Waals surface area contributed by atoms with E-state index in [1.807, 2.05) is 6.92 Å². The average molecular weight is 466 g/mol. The van der Waals surface area contributed by atoms with E-state index < -0.39 is 42.0 Å². The lowest BCUT2D eigenvalue weighted by Crippen LogP contribution is -2.60. The normalized spacial score (nSPS) is 43.3. The third-order valence-corrected chi connectivity index (χ3v) is 10.0. The summed E-state index contributed by atoms with van der Waals surface area (Å²) in [7, 11) is 0. The van der Waals surface area contributed by atoms with Crippen molar-refractivity contribution in [1.29, 1.82) is 0 Å². The molecule has 7 heteroatoms. The van der Waals surface area contributed by atoms with Gasteiger partial charge >= 0.3 is 0 Å². The number of ketones is 1. The molecule has 4 aliphatic carbocycles. The number of carbonyl (C=O) groups excluding carboxylic acids is 2. The van der Waals surface area contributed by atoms with E-state index >= 15 is 0 Å². The van der Waals surface area contributed by atoms with E-state index in [1.54, 1.807) is 13.0 Å². The zero-order valence-electron chi connectivity index (χ0n) is 19.9. The summed E-state index contributed by atoms with van der Waals surface area (Å²) in [5.41, 5.74) is -1.33. The Balaban J connectivity index is 1.69. The summed E-state index contributed by atoms with van der Waals surface area (Å²) in [5.74, 6) is -0.894. The molecule has 4 aliphatic rings. The first kappa shape index (κ1) is 24.5. The first-order chi connectivity index (χ1) is 15.4. The molecule has 0 aromatic heterocycles. The van der Waals surface area contributed by atoms with Crippen LogP contribution in [0.3, 0.4) is 0 Å². The van der Waals surface area contributed by atoms with Crippen LogP contribution in [0.5, 0.6) is 0 Å². The summed E-state index contributed by atoms with van der Waals surface area (Å²) in [5, 5.41) is 22.4. The number of amides is 1. The number of halogens is 2. The van der Waals surface area contributed by atoms with Crippen LogP contribution in [0.25, 0.3) is 0 Å². The van der Waals surface area contributed by atoms with Crippen molar-refractivity contribution < 1.29 is 28.6 Å². The number of hydrogen-bond acceptors (Lipinski definition) is 4. The Hall–Kier alpha value is -1.60. The van der Waals surface area contributed by atoms with Crippen molar-refractivity contribution in [2.24, 2.45) is 28.6 Å². The van der Waals surface area contributed by atoms with Gasteiger partial charge in [0.15, 0.2) is 5.78 Å². The molecule has 184 valence electrons. The predicted molar refractivity (Wildman–Crippen MR) is 120 cm³/mol. The molecule has 0 heterocycles. The van der Waals surface area contributed by atoms with Gasteiger partial charge < -0.3 is 15.1 Å². The molecular formula is C26H37F2NO4. The summed E-state index contributed by atoms with van der Waals surface area (Å²) >= 11 is 0. The van der Waals surface area contributed by atoms with Crippen LogP contribution >= 0.6 is 0 Å². The third kappa shape index (κ3) is 3.53. The SMILES string of the molecule is C=CC(=O)N(CC(F)F)C(C)C1CC[C@@]2(O)C3=CC(=O)C4CC(O)CCC4(C)C3CCC12C. The lowest BCUT2D eigenvalue weighted by molar-refractivity contribution is -0.144. The van der Waals surface area contributed by atoms with E-state index in [4.69, 9.17) is 0 Å². The molecule has 0 bridgehead atoms. The molecular weight excluding hydrogens is 428 g/mol. The van der Waals surface area contributed by atoms with Gasteiger partial charge in [0, 0.05) is 17.4 Å². The van der Waals surface area contributed by atoms with Gasteiger partial charge in [-0.25, -0.2) is 8.78 Å². The largest absolute Gasteiger partial charge is 0.393 e. The number of fused-ring (bicyclic) bond motifs is 5. The molecule has 1 amide bonds. The van der Waals surface area contributed by atoms with E-state index in [0.29, 0.717) is 32.1 Å². The van der Waals surface area contributed by atoms with Gasteiger partial charge in [0.25, 0.3) is 6.43 Å². The van der Waals surface area contributed by atoms with Crippen LogP contribution in [-0.2, 0) is 9.59 Å². The molecule has 4 rings (SSSR count). The van der Waals surface area contributed by atoms with Crippen LogP contribution in [0, 0.1) is 28.6 Å². The topological polar surface area (TPSA) is 77.8 Å². The van der Waals surface area contributed by atoms with Gasteiger partial charge in [-0.3, -0.25) is 9.59 Å². The molecule has 0 aromatic rings. The smallest absolute Gasteiger partial charge is 0.255 e. The van der Waals surface area contributed by atoms with E-state index in [9.17, 15) is 28.6 Å². The van der Waals surface area contributed by atoms with Crippen LogP contribution in [0.1, 0.15) is 65.7 Å². The quantitative estimate of drug-likeness (QED) is 0.604. The fourth-order valence-electron chi connectivity index (χ4n) is 8.07. The number of rotatable bonds is 5. The molecule has 3 fully saturated rings. The molecule has 0 aromatic carbocycles. The number of nitrogens with zero attached hydrogens (tertiary/aromatic N) is 1. The Kier molecular flexibility index (Phi) is 6.14. The lowest BCUT2D eigenvalue weighted by Gasteiger charge is -2.60. The summed E-state index contributed by atoms with van der Waals surface area (Å²) in [6.45, 7) is 8.73. The second kappa shape index (κ2) is 8.26.